The van der Waals surface area contributed by atoms with E-state index in [4.69, 9.17) is 22.1 Å². The minimum absolute atomic E-state index is 0.0185. The van der Waals surface area contributed by atoms with E-state index in [9.17, 15) is 14.0 Å². The molecule has 7 heteroatoms. The summed E-state index contributed by atoms with van der Waals surface area (Å²) in [5, 5.41) is 2.96. The van der Waals surface area contributed by atoms with E-state index >= 15 is 0 Å². The van der Waals surface area contributed by atoms with Crippen LogP contribution in [0.25, 0.3) is 0 Å². The van der Waals surface area contributed by atoms with Gasteiger partial charge in [-0.15, -0.1) is 0 Å². The Morgan fingerprint density at radius 1 is 1.06 bits per heavy atom. The van der Waals surface area contributed by atoms with Crippen molar-refractivity contribution in [3.63, 3.8) is 0 Å². The molecule has 1 aliphatic heterocycles. The maximum Gasteiger partial charge on any atom is 0.248 e. The van der Waals surface area contributed by atoms with Crippen molar-refractivity contribution in [2.45, 2.75) is 13.0 Å². The van der Waals surface area contributed by atoms with Gasteiger partial charge in [0.25, 0.3) is 0 Å². The molecule has 0 radical (unpaired) electrons. The zero-order valence-electron chi connectivity index (χ0n) is 16.7. The highest BCUT2D eigenvalue weighted by Gasteiger charge is 2.25. The van der Waals surface area contributed by atoms with Crippen LogP contribution in [-0.2, 0) is 17.8 Å². The molecule has 1 heterocycles. The SMILES string of the molecule is NC(=O)c1ccc(Cl)c(F)c1.O=C(NCc1ccccc1)C1COc2ccccc2C1. The first-order valence-corrected chi connectivity index (χ1v) is 10.1. The molecular formula is C24H22ClFN2O3. The van der Waals surface area contributed by atoms with E-state index in [1.165, 1.54) is 12.1 Å². The van der Waals surface area contributed by atoms with E-state index in [2.05, 4.69) is 5.32 Å². The molecule has 1 aliphatic rings. The number of carbonyl (C=O) groups is 2. The van der Waals surface area contributed by atoms with Crippen LogP contribution < -0.4 is 15.8 Å². The lowest BCUT2D eigenvalue weighted by Gasteiger charge is -2.24. The Morgan fingerprint density at radius 3 is 2.48 bits per heavy atom. The first-order valence-electron chi connectivity index (χ1n) is 9.71. The van der Waals surface area contributed by atoms with Gasteiger partial charge in [0, 0.05) is 12.1 Å². The Balaban J connectivity index is 0.000000210. The predicted octanol–water partition coefficient (Wildman–Crippen LogP) is 4.13. The van der Waals surface area contributed by atoms with Crippen molar-refractivity contribution in [3.05, 3.63) is 100 Å². The molecule has 0 saturated heterocycles. The van der Waals surface area contributed by atoms with Crippen molar-refractivity contribution in [1.82, 2.24) is 5.32 Å². The van der Waals surface area contributed by atoms with Gasteiger partial charge >= 0.3 is 0 Å². The van der Waals surface area contributed by atoms with E-state index < -0.39 is 11.7 Å². The number of ether oxygens (including phenoxy) is 1. The predicted molar refractivity (Wildman–Crippen MR) is 117 cm³/mol. The highest BCUT2D eigenvalue weighted by molar-refractivity contribution is 6.30. The number of halogens is 2. The summed E-state index contributed by atoms with van der Waals surface area (Å²) in [6.45, 7) is 1.02. The number of primary amides is 1. The average Bonchev–Trinajstić information content (AvgIpc) is 2.80. The van der Waals surface area contributed by atoms with Crippen LogP contribution in [0, 0.1) is 11.7 Å². The molecule has 3 aromatic rings. The van der Waals surface area contributed by atoms with E-state index in [1.807, 2.05) is 54.6 Å². The second-order valence-electron chi connectivity index (χ2n) is 7.02. The van der Waals surface area contributed by atoms with Gasteiger partial charge < -0.3 is 15.8 Å². The van der Waals surface area contributed by atoms with Gasteiger partial charge in [-0.25, -0.2) is 4.39 Å². The minimum atomic E-state index is -0.666. The number of rotatable bonds is 4. The molecule has 0 aromatic heterocycles. The normalized spacial score (nSPS) is 14.3. The molecule has 1 atom stereocenters. The molecular weight excluding hydrogens is 419 g/mol. The summed E-state index contributed by atoms with van der Waals surface area (Å²) in [7, 11) is 0. The lowest BCUT2D eigenvalue weighted by atomic mass is 9.96. The highest BCUT2D eigenvalue weighted by atomic mass is 35.5. The number of hydrogen-bond donors (Lipinski definition) is 2. The van der Waals surface area contributed by atoms with Crippen molar-refractivity contribution in [2.75, 3.05) is 6.61 Å². The third-order valence-electron chi connectivity index (χ3n) is 4.76. The Labute approximate surface area is 185 Å². The van der Waals surface area contributed by atoms with Crippen LogP contribution in [0.4, 0.5) is 4.39 Å². The molecule has 31 heavy (non-hydrogen) atoms. The molecule has 0 aliphatic carbocycles. The Morgan fingerprint density at radius 2 is 1.77 bits per heavy atom. The molecule has 3 aromatic carbocycles. The molecule has 2 amide bonds. The Kier molecular flexibility index (Phi) is 7.62. The quantitative estimate of drug-likeness (QED) is 0.640. The summed E-state index contributed by atoms with van der Waals surface area (Å²) >= 11 is 5.36. The summed E-state index contributed by atoms with van der Waals surface area (Å²) in [5.41, 5.74) is 7.22. The van der Waals surface area contributed by atoms with Crippen LogP contribution >= 0.6 is 11.6 Å². The number of nitrogens with two attached hydrogens (primary N) is 1. The Bertz CT molecular complexity index is 1060. The summed E-state index contributed by atoms with van der Waals surface area (Å²) in [5.74, 6) is -0.444. The Hall–Kier alpha value is -3.38. The number of nitrogens with one attached hydrogen (secondary N) is 1. The van der Waals surface area contributed by atoms with Crippen LogP contribution in [0.3, 0.4) is 0 Å². The van der Waals surface area contributed by atoms with E-state index in [0.29, 0.717) is 13.2 Å². The van der Waals surface area contributed by atoms with Gasteiger partial charge in [0.2, 0.25) is 11.8 Å². The largest absolute Gasteiger partial charge is 0.492 e. The van der Waals surface area contributed by atoms with Crippen molar-refractivity contribution >= 4 is 23.4 Å². The molecule has 5 nitrogen and oxygen atoms in total. The third kappa shape index (κ3) is 6.30. The number of amides is 2. The summed E-state index contributed by atoms with van der Waals surface area (Å²) in [6.07, 6.45) is 0.747. The van der Waals surface area contributed by atoms with Crippen LogP contribution in [0.2, 0.25) is 5.02 Å². The first-order chi connectivity index (χ1) is 14.9. The zero-order valence-corrected chi connectivity index (χ0v) is 17.4. The minimum Gasteiger partial charge on any atom is -0.492 e. The van der Waals surface area contributed by atoms with Gasteiger partial charge in [-0.3, -0.25) is 9.59 Å². The number of fused-ring (bicyclic) bond motifs is 1. The third-order valence-corrected chi connectivity index (χ3v) is 5.07. The van der Waals surface area contributed by atoms with E-state index in [-0.39, 0.29) is 22.4 Å². The van der Waals surface area contributed by atoms with Crippen molar-refractivity contribution in [3.8, 4) is 5.75 Å². The number of para-hydroxylation sites is 1. The van der Waals surface area contributed by atoms with Crippen LogP contribution in [0.1, 0.15) is 21.5 Å². The number of carbonyl (C=O) groups excluding carboxylic acids is 2. The summed E-state index contributed by atoms with van der Waals surface area (Å²) < 4.78 is 18.2. The summed E-state index contributed by atoms with van der Waals surface area (Å²) in [4.78, 5) is 22.7. The van der Waals surface area contributed by atoms with Gasteiger partial charge in [-0.1, -0.05) is 60.1 Å². The molecule has 0 saturated carbocycles. The van der Waals surface area contributed by atoms with Crippen LogP contribution in [0.5, 0.6) is 5.75 Å². The maximum absolute atomic E-state index is 12.6. The molecule has 3 N–H and O–H groups in total. The van der Waals surface area contributed by atoms with E-state index in [0.717, 1.165) is 29.4 Å². The average molecular weight is 441 g/mol. The van der Waals surface area contributed by atoms with Gasteiger partial charge in [0.15, 0.2) is 0 Å². The molecule has 1 unspecified atom stereocenters. The standard InChI is InChI=1S/C17H17NO2.C7H5ClFNO/c19-17(18-11-13-6-2-1-3-7-13)15-10-14-8-4-5-9-16(14)20-12-15;8-5-2-1-4(7(10)11)3-6(5)9/h1-9,15H,10-12H2,(H,18,19);1-3H,(H2,10,11). The van der Waals surface area contributed by atoms with Crippen LogP contribution in [-0.4, -0.2) is 18.4 Å². The van der Waals surface area contributed by atoms with Crippen LogP contribution in [0.15, 0.2) is 72.8 Å². The smallest absolute Gasteiger partial charge is 0.248 e. The van der Waals surface area contributed by atoms with Crippen molar-refractivity contribution in [1.29, 1.82) is 0 Å². The topological polar surface area (TPSA) is 81.4 Å². The fourth-order valence-corrected chi connectivity index (χ4v) is 3.19. The van der Waals surface area contributed by atoms with Gasteiger partial charge in [-0.05, 0) is 41.8 Å². The first kappa shape index (κ1) is 22.3. The number of benzene rings is 3. The molecule has 4 rings (SSSR count). The number of hydrogen-bond acceptors (Lipinski definition) is 3. The molecule has 0 bridgehead atoms. The van der Waals surface area contributed by atoms with Gasteiger partial charge in [0.1, 0.15) is 18.2 Å². The fourth-order valence-electron chi connectivity index (χ4n) is 3.08. The zero-order chi connectivity index (χ0) is 22.2. The fraction of sp³-hybridized carbons (Fsp3) is 0.167. The maximum atomic E-state index is 12.6. The van der Waals surface area contributed by atoms with Gasteiger partial charge in [-0.2, -0.15) is 0 Å². The molecule has 0 spiro atoms. The second-order valence-corrected chi connectivity index (χ2v) is 7.42. The van der Waals surface area contributed by atoms with Gasteiger partial charge in [0.05, 0.1) is 10.9 Å². The van der Waals surface area contributed by atoms with Crippen molar-refractivity contribution < 1.29 is 18.7 Å². The lowest BCUT2D eigenvalue weighted by molar-refractivity contribution is -0.126. The second kappa shape index (κ2) is 10.6. The molecule has 0 fully saturated rings. The monoisotopic (exact) mass is 440 g/mol. The van der Waals surface area contributed by atoms with E-state index in [1.54, 1.807) is 0 Å². The molecule has 160 valence electrons. The van der Waals surface area contributed by atoms with Crippen molar-refractivity contribution in [2.24, 2.45) is 11.7 Å². The summed E-state index contributed by atoms with van der Waals surface area (Å²) in [6, 6.07) is 21.5. The highest BCUT2D eigenvalue weighted by Crippen LogP contribution is 2.26. The lowest BCUT2D eigenvalue weighted by Crippen LogP contribution is -2.37.